The van der Waals surface area contributed by atoms with Crippen LogP contribution in [0.5, 0.6) is 0 Å². The zero-order valence-electron chi connectivity index (χ0n) is 11.1. The number of alkyl halides is 2. The Bertz CT molecular complexity index is 703. The Balaban J connectivity index is 2.35. The van der Waals surface area contributed by atoms with E-state index in [1.54, 1.807) is 0 Å². The third-order valence-corrected chi connectivity index (χ3v) is 3.57. The Morgan fingerprint density at radius 2 is 2.23 bits per heavy atom. The average molecular weight is 385 g/mol. The first kappa shape index (κ1) is 16.8. The number of carbonyl (C=O) groups is 1. The maximum atomic E-state index is 14.1. The third kappa shape index (κ3) is 2.96. The summed E-state index contributed by atoms with van der Waals surface area (Å²) in [5.41, 5.74) is -1.92. The normalized spacial score (nSPS) is 26.9. The molecule has 0 saturated carbocycles. The average Bonchev–Trinajstić information content (AvgIpc) is 2.63. The number of H-pyrrole nitrogens is 1. The molecule has 8 nitrogen and oxygen atoms in total. The number of nitrogens with one attached hydrogen (secondary N) is 1. The molecule has 1 fully saturated rings. The van der Waals surface area contributed by atoms with Crippen molar-refractivity contribution in [3.8, 4) is 0 Å². The maximum absolute atomic E-state index is 14.1. The van der Waals surface area contributed by atoms with Crippen molar-refractivity contribution in [2.75, 3.05) is 6.61 Å². The highest BCUT2D eigenvalue weighted by Gasteiger charge is 2.60. The second-order valence-electron chi connectivity index (χ2n) is 4.59. The fourth-order valence-corrected chi connectivity index (χ4v) is 2.26. The predicted octanol–water partition coefficient (Wildman–Crippen LogP) is -0.244. The molecule has 0 aliphatic carbocycles. The van der Waals surface area contributed by atoms with Crippen LogP contribution in [0.1, 0.15) is 13.2 Å². The summed E-state index contributed by atoms with van der Waals surface area (Å²) in [5, 5.41) is 9.61. The van der Waals surface area contributed by atoms with E-state index in [4.69, 9.17) is 4.74 Å². The van der Waals surface area contributed by atoms with Gasteiger partial charge in [-0.2, -0.15) is 8.78 Å². The number of aromatic nitrogens is 2. The van der Waals surface area contributed by atoms with Gasteiger partial charge in [0.05, 0.1) is 4.47 Å². The highest BCUT2D eigenvalue weighted by atomic mass is 79.9. The molecule has 1 aromatic rings. The number of hydrogen-bond donors (Lipinski definition) is 2. The quantitative estimate of drug-likeness (QED) is 0.695. The number of aromatic amines is 1. The molecule has 2 N–H and O–H groups in total. The van der Waals surface area contributed by atoms with Gasteiger partial charge in [-0.25, -0.2) is 4.79 Å². The summed E-state index contributed by atoms with van der Waals surface area (Å²) in [4.78, 5) is 35.4. The van der Waals surface area contributed by atoms with E-state index in [9.17, 15) is 28.3 Å². The van der Waals surface area contributed by atoms with Crippen LogP contribution in [0.25, 0.3) is 0 Å². The second-order valence-corrected chi connectivity index (χ2v) is 5.45. The number of hydrogen-bond acceptors (Lipinski definition) is 6. The van der Waals surface area contributed by atoms with Crippen LogP contribution in [0.3, 0.4) is 0 Å². The van der Waals surface area contributed by atoms with Gasteiger partial charge < -0.3 is 14.6 Å². The van der Waals surface area contributed by atoms with Crippen molar-refractivity contribution in [1.82, 2.24) is 9.55 Å². The van der Waals surface area contributed by atoms with E-state index >= 15 is 0 Å². The Morgan fingerprint density at radius 3 is 2.82 bits per heavy atom. The molecule has 1 saturated heterocycles. The fourth-order valence-electron chi connectivity index (χ4n) is 1.94. The number of halogens is 3. The van der Waals surface area contributed by atoms with E-state index in [0.717, 1.165) is 13.1 Å². The number of aliphatic hydroxyl groups is 1. The van der Waals surface area contributed by atoms with Gasteiger partial charge in [0.2, 0.25) is 6.23 Å². The molecule has 2 heterocycles. The van der Waals surface area contributed by atoms with Crippen molar-refractivity contribution in [1.29, 1.82) is 0 Å². The van der Waals surface area contributed by atoms with E-state index in [2.05, 4.69) is 20.7 Å². The molecular weight excluding hydrogens is 374 g/mol. The van der Waals surface area contributed by atoms with E-state index in [1.165, 1.54) is 0 Å². The highest BCUT2D eigenvalue weighted by molar-refractivity contribution is 9.10. The van der Waals surface area contributed by atoms with Crippen molar-refractivity contribution in [3.05, 3.63) is 31.5 Å². The lowest BCUT2D eigenvalue weighted by Crippen LogP contribution is -2.43. The Morgan fingerprint density at radius 1 is 1.59 bits per heavy atom. The minimum atomic E-state index is -3.83. The van der Waals surface area contributed by atoms with Crippen LogP contribution >= 0.6 is 15.9 Å². The molecule has 2 rings (SSSR count). The number of nitrogens with zero attached hydrogens (tertiary/aromatic N) is 1. The number of carbonyl (C=O) groups excluding carboxylic acids is 1. The Kier molecular flexibility index (Phi) is 4.49. The van der Waals surface area contributed by atoms with Crippen LogP contribution in [0.15, 0.2) is 20.3 Å². The highest BCUT2D eigenvalue weighted by Crippen LogP contribution is 2.42. The molecule has 122 valence electrons. The summed E-state index contributed by atoms with van der Waals surface area (Å²) in [6.07, 6.45) is -5.11. The molecule has 11 heteroatoms. The van der Waals surface area contributed by atoms with Crippen molar-refractivity contribution >= 4 is 21.9 Å². The molecule has 0 radical (unpaired) electrons. The summed E-state index contributed by atoms with van der Waals surface area (Å²) in [5.74, 6) is -4.56. The molecule has 1 aliphatic heterocycles. The van der Waals surface area contributed by atoms with Gasteiger partial charge in [-0.3, -0.25) is 19.1 Å². The summed E-state index contributed by atoms with van der Waals surface area (Å²) in [6, 6.07) is 0. The summed E-state index contributed by atoms with van der Waals surface area (Å²) < 4.78 is 37.9. The monoisotopic (exact) mass is 384 g/mol. The van der Waals surface area contributed by atoms with Gasteiger partial charge in [0.25, 0.3) is 5.56 Å². The lowest BCUT2D eigenvalue weighted by Gasteiger charge is -2.21. The topological polar surface area (TPSA) is 111 Å². The first-order valence-electron chi connectivity index (χ1n) is 6.00. The SMILES string of the molecule is CC(=O)OCC1OC(n2cc(Br)c(=O)[nH]c2=O)C(F)(F)C1O. The molecule has 1 aromatic heterocycles. The first-order valence-corrected chi connectivity index (χ1v) is 6.79. The first-order chi connectivity index (χ1) is 10.1. The van der Waals surface area contributed by atoms with Gasteiger partial charge in [-0.05, 0) is 15.9 Å². The molecular formula is C11H11BrF2N2O6. The van der Waals surface area contributed by atoms with Crippen LogP contribution in [0.2, 0.25) is 0 Å². The predicted molar refractivity (Wildman–Crippen MR) is 70.5 cm³/mol. The molecule has 0 spiro atoms. The van der Waals surface area contributed by atoms with Crippen molar-refractivity contribution in [2.45, 2.75) is 31.3 Å². The Labute approximate surface area is 129 Å². The van der Waals surface area contributed by atoms with E-state index < -0.39 is 48.2 Å². The summed E-state index contributed by atoms with van der Waals surface area (Å²) in [6.45, 7) is 0.475. The van der Waals surface area contributed by atoms with Gasteiger partial charge in [-0.15, -0.1) is 0 Å². The molecule has 0 amide bonds. The van der Waals surface area contributed by atoms with Crippen molar-refractivity contribution in [3.63, 3.8) is 0 Å². The standard InChI is InChI=1S/C11H11BrF2N2O6/c1-4(17)21-3-6-7(18)11(13,14)9(22-6)16-2-5(12)8(19)15-10(16)20/h2,6-7,9,18H,3H2,1H3,(H,15,19,20). The largest absolute Gasteiger partial charge is 0.463 e. The Hall–Kier alpha value is -1.59. The van der Waals surface area contributed by atoms with Crippen LogP contribution in [0, 0.1) is 0 Å². The van der Waals surface area contributed by atoms with Gasteiger partial charge >= 0.3 is 17.6 Å². The number of ether oxygens (including phenoxy) is 2. The zero-order valence-corrected chi connectivity index (χ0v) is 12.7. The van der Waals surface area contributed by atoms with Crippen LogP contribution in [0.4, 0.5) is 8.78 Å². The number of rotatable bonds is 3. The minimum absolute atomic E-state index is 0.163. The lowest BCUT2D eigenvalue weighted by atomic mass is 10.1. The van der Waals surface area contributed by atoms with Crippen LogP contribution in [-0.2, 0) is 14.3 Å². The third-order valence-electron chi connectivity index (χ3n) is 3.01. The van der Waals surface area contributed by atoms with E-state index in [1.807, 2.05) is 4.98 Å². The van der Waals surface area contributed by atoms with Gasteiger partial charge in [0.15, 0.2) is 6.10 Å². The maximum Gasteiger partial charge on any atom is 0.330 e. The van der Waals surface area contributed by atoms with E-state index in [0.29, 0.717) is 4.57 Å². The summed E-state index contributed by atoms with van der Waals surface area (Å²) in [7, 11) is 0. The molecule has 0 aromatic carbocycles. The van der Waals surface area contributed by atoms with Crippen LogP contribution in [-0.4, -0.2) is 45.4 Å². The van der Waals surface area contributed by atoms with Crippen molar-refractivity contribution < 1.29 is 28.2 Å². The summed E-state index contributed by atoms with van der Waals surface area (Å²) >= 11 is 2.81. The van der Waals surface area contributed by atoms with Crippen LogP contribution < -0.4 is 11.2 Å². The molecule has 3 unspecified atom stereocenters. The molecule has 0 bridgehead atoms. The number of esters is 1. The fraction of sp³-hybridized carbons (Fsp3) is 0.545. The minimum Gasteiger partial charge on any atom is -0.463 e. The molecule has 1 aliphatic rings. The molecule has 3 atom stereocenters. The zero-order chi connectivity index (χ0) is 16.7. The van der Waals surface area contributed by atoms with Gasteiger partial charge in [0, 0.05) is 13.1 Å². The lowest BCUT2D eigenvalue weighted by molar-refractivity contribution is -0.148. The second kappa shape index (κ2) is 5.89. The van der Waals surface area contributed by atoms with Gasteiger partial charge in [-0.1, -0.05) is 0 Å². The molecule has 22 heavy (non-hydrogen) atoms. The smallest absolute Gasteiger partial charge is 0.330 e. The van der Waals surface area contributed by atoms with E-state index in [-0.39, 0.29) is 4.47 Å². The number of aliphatic hydroxyl groups excluding tert-OH is 1. The van der Waals surface area contributed by atoms with Crippen molar-refractivity contribution in [2.24, 2.45) is 0 Å². The van der Waals surface area contributed by atoms with Gasteiger partial charge in [0.1, 0.15) is 12.7 Å².